The van der Waals surface area contributed by atoms with Crippen molar-refractivity contribution in [3.8, 4) is 11.6 Å². The molecule has 2 aromatic rings. The lowest BCUT2D eigenvalue weighted by molar-refractivity contribution is 0.411. The van der Waals surface area contributed by atoms with Crippen molar-refractivity contribution in [2.24, 2.45) is 0 Å². The topological polar surface area (TPSA) is 63.8 Å². The van der Waals surface area contributed by atoms with Gasteiger partial charge in [-0.1, -0.05) is 11.2 Å². The maximum absolute atomic E-state index is 5.25. The van der Waals surface area contributed by atoms with Gasteiger partial charge in [-0.25, -0.2) is 4.98 Å². The quantitative estimate of drug-likeness (QED) is 0.853. The highest BCUT2D eigenvalue weighted by molar-refractivity contribution is 5.46. The molecule has 3 heterocycles. The second-order valence-corrected chi connectivity index (χ2v) is 4.27. The number of pyridine rings is 1. The van der Waals surface area contributed by atoms with E-state index in [1.807, 2.05) is 25.1 Å². The van der Waals surface area contributed by atoms with Crippen LogP contribution in [0.4, 0.5) is 0 Å². The largest absolute Gasteiger partial charge is 0.332 e. The van der Waals surface area contributed by atoms with E-state index in [2.05, 4.69) is 20.4 Å². The summed E-state index contributed by atoms with van der Waals surface area (Å²) in [7, 11) is 0. The van der Waals surface area contributed by atoms with Gasteiger partial charge in [-0.3, -0.25) is 0 Å². The molecule has 1 unspecified atom stereocenters. The molecule has 88 valence electrons. The minimum atomic E-state index is 0.234. The minimum Gasteiger partial charge on any atom is -0.332 e. The predicted octanol–water partition coefficient (Wildman–Crippen LogP) is 1.86. The predicted molar refractivity (Wildman–Crippen MR) is 62.2 cm³/mol. The molecule has 2 aromatic heterocycles. The van der Waals surface area contributed by atoms with Gasteiger partial charge in [0, 0.05) is 5.69 Å². The van der Waals surface area contributed by atoms with Gasteiger partial charge < -0.3 is 9.84 Å². The van der Waals surface area contributed by atoms with Gasteiger partial charge in [0.15, 0.2) is 5.82 Å². The summed E-state index contributed by atoms with van der Waals surface area (Å²) in [4.78, 5) is 8.77. The van der Waals surface area contributed by atoms with Crippen molar-refractivity contribution in [3.63, 3.8) is 0 Å². The monoisotopic (exact) mass is 230 g/mol. The molecule has 1 aliphatic heterocycles. The SMILES string of the molecule is Cc1cccc(-c2nc(C3CCCN3)no2)n1. The Morgan fingerprint density at radius 2 is 2.29 bits per heavy atom. The summed E-state index contributed by atoms with van der Waals surface area (Å²) in [6.45, 7) is 2.97. The average molecular weight is 230 g/mol. The lowest BCUT2D eigenvalue weighted by Gasteiger charge is -2.01. The number of hydrogen-bond donors (Lipinski definition) is 1. The fraction of sp³-hybridized carbons (Fsp3) is 0.417. The third-order valence-corrected chi connectivity index (χ3v) is 2.92. The highest BCUT2D eigenvalue weighted by Gasteiger charge is 2.22. The molecule has 0 spiro atoms. The molecular formula is C12H14N4O. The van der Waals surface area contributed by atoms with Crippen molar-refractivity contribution in [1.29, 1.82) is 0 Å². The Labute approximate surface area is 99.3 Å². The van der Waals surface area contributed by atoms with E-state index in [0.29, 0.717) is 5.89 Å². The van der Waals surface area contributed by atoms with Gasteiger partial charge in [-0.15, -0.1) is 0 Å². The first-order valence-electron chi connectivity index (χ1n) is 5.84. The minimum absolute atomic E-state index is 0.234. The Morgan fingerprint density at radius 3 is 3.06 bits per heavy atom. The van der Waals surface area contributed by atoms with Gasteiger partial charge >= 0.3 is 0 Å². The first-order chi connectivity index (χ1) is 8.33. The van der Waals surface area contributed by atoms with E-state index >= 15 is 0 Å². The van der Waals surface area contributed by atoms with E-state index in [-0.39, 0.29) is 6.04 Å². The van der Waals surface area contributed by atoms with Crippen molar-refractivity contribution in [3.05, 3.63) is 29.7 Å². The van der Waals surface area contributed by atoms with Crippen molar-refractivity contribution in [2.45, 2.75) is 25.8 Å². The van der Waals surface area contributed by atoms with Gasteiger partial charge in [0.2, 0.25) is 0 Å². The smallest absolute Gasteiger partial charge is 0.276 e. The molecule has 0 radical (unpaired) electrons. The van der Waals surface area contributed by atoms with Crippen LogP contribution in [-0.4, -0.2) is 21.7 Å². The molecule has 1 saturated heterocycles. The number of rotatable bonds is 2. The normalized spacial score (nSPS) is 19.7. The molecule has 1 fully saturated rings. The van der Waals surface area contributed by atoms with Crippen molar-refractivity contribution < 1.29 is 4.52 Å². The van der Waals surface area contributed by atoms with Gasteiger partial charge in [-0.05, 0) is 38.4 Å². The van der Waals surface area contributed by atoms with Crippen molar-refractivity contribution in [2.75, 3.05) is 6.54 Å². The van der Waals surface area contributed by atoms with Gasteiger partial charge in [-0.2, -0.15) is 4.98 Å². The number of nitrogens with zero attached hydrogens (tertiary/aromatic N) is 3. The summed E-state index contributed by atoms with van der Waals surface area (Å²) in [5, 5.41) is 7.36. The Balaban J connectivity index is 1.89. The standard InChI is InChI=1S/C12H14N4O/c1-8-4-2-5-10(14-8)12-15-11(16-17-12)9-6-3-7-13-9/h2,4-5,9,13H,3,6-7H2,1H3. The van der Waals surface area contributed by atoms with Crippen LogP contribution in [0.25, 0.3) is 11.6 Å². The molecule has 0 aromatic carbocycles. The highest BCUT2D eigenvalue weighted by Crippen LogP contribution is 2.23. The molecule has 5 heteroatoms. The summed E-state index contributed by atoms with van der Waals surface area (Å²) in [6, 6.07) is 6.00. The van der Waals surface area contributed by atoms with Crippen LogP contribution in [0.5, 0.6) is 0 Å². The maximum atomic E-state index is 5.25. The summed E-state index contributed by atoms with van der Waals surface area (Å²) in [5.74, 6) is 1.23. The van der Waals surface area contributed by atoms with Crippen LogP contribution in [0.1, 0.15) is 30.4 Å². The number of aromatic nitrogens is 3. The van der Waals surface area contributed by atoms with Crippen LogP contribution in [0, 0.1) is 6.92 Å². The van der Waals surface area contributed by atoms with E-state index in [9.17, 15) is 0 Å². The molecule has 3 rings (SSSR count). The summed E-state index contributed by atoms with van der Waals surface area (Å²) < 4.78 is 5.25. The first kappa shape index (κ1) is 10.4. The van der Waals surface area contributed by atoms with Crippen LogP contribution in [-0.2, 0) is 0 Å². The molecular weight excluding hydrogens is 216 g/mol. The fourth-order valence-corrected chi connectivity index (χ4v) is 2.05. The molecule has 1 atom stereocenters. The zero-order valence-electron chi connectivity index (χ0n) is 9.68. The molecule has 17 heavy (non-hydrogen) atoms. The number of nitrogens with one attached hydrogen (secondary N) is 1. The van der Waals surface area contributed by atoms with Crippen LogP contribution >= 0.6 is 0 Å². The third kappa shape index (κ3) is 2.06. The average Bonchev–Trinajstić information content (AvgIpc) is 3.00. The lowest BCUT2D eigenvalue weighted by atomic mass is 10.2. The molecule has 0 amide bonds. The van der Waals surface area contributed by atoms with E-state index in [0.717, 1.165) is 36.6 Å². The molecule has 5 nitrogen and oxygen atoms in total. The second kappa shape index (κ2) is 4.25. The van der Waals surface area contributed by atoms with Gasteiger partial charge in [0.05, 0.1) is 6.04 Å². The second-order valence-electron chi connectivity index (χ2n) is 4.27. The van der Waals surface area contributed by atoms with E-state index < -0.39 is 0 Å². The van der Waals surface area contributed by atoms with E-state index in [4.69, 9.17) is 4.52 Å². The Bertz CT molecular complexity index is 517. The van der Waals surface area contributed by atoms with E-state index in [1.54, 1.807) is 0 Å². The fourth-order valence-electron chi connectivity index (χ4n) is 2.05. The lowest BCUT2D eigenvalue weighted by Crippen LogP contribution is -2.14. The van der Waals surface area contributed by atoms with Crippen LogP contribution in [0.2, 0.25) is 0 Å². The summed E-state index contributed by atoms with van der Waals surface area (Å²) >= 11 is 0. The first-order valence-corrected chi connectivity index (χ1v) is 5.84. The van der Waals surface area contributed by atoms with Gasteiger partial charge in [0.1, 0.15) is 5.69 Å². The van der Waals surface area contributed by atoms with E-state index in [1.165, 1.54) is 0 Å². The number of aryl methyl sites for hydroxylation is 1. The molecule has 0 saturated carbocycles. The summed E-state index contributed by atoms with van der Waals surface area (Å²) in [6.07, 6.45) is 2.23. The molecule has 1 aliphatic rings. The molecule has 1 N–H and O–H groups in total. The van der Waals surface area contributed by atoms with Crippen molar-refractivity contribution in [1.82, 2.24) is 20.4 Å². The zero-order valence-corrected chi connectivity index (χ0v) is 9.68. The summed E-state index contributed by atoms with van der Waals surface area (Å²) in [5.41, 5.74) is 1.68. The molecule has 0 bridgehead atoms. The Morgan fingerprint density at radius 1 is 1.35 bits per heavy atom. The maximum Gasteiger partial charge on any atom is 0.276 e. The van der Waals surface area contributed by atoms with Gasteiger partial charge in [0.25, 0.3) is 5.89 Å². The van der Waals surface area contributed by atoms with Crippen LogP contribution in [0.3, 0.4) is 0 Å². The van der Waals surface area contributed by atoms with Crippen LogP contribution < -0.4 is 5.32 Å². The Kier molecular flexibility index (Phi) is 2.60. The Hall–Kier alpha value is -1.75. The number of hydrogen-bond acceptors (Lipinski definition) is 5. The zero-order chi connectivity index (χ0) is 11.7. The van der Waals surface area contributed by atoms with Crippen molar-refractivity contribution >= 4 is 0 Å². The molecule has 0 aliphatic carbocycles. The van der Waals surface area contributed by atoms with Crippen LogP contribution in [0.15, 0.2) is 22.7 Å². The third-order valence-electron chi connectivity index (χ3n) is 2.92. The highest BCUT2D eigenvalue weighted by atomic mass is 16.5.